The summed E-state index contributed by atoms with van der Waals surface area (Å²) in [6, 6.07) is 2.59. The van der Waals surface area contributed by atoms with E-state index in [9.17, 15) is 10.1 Å². The summed E-state index contributed by atoms with van der Waals surface area (Å²) < 4.78 is 0. The van der Waals surface area contributed by atoms with E-state index in [-0.39, 0.29) is 27.7 Å². The lowest BCUT2D eigenvalue weighted by molar-refractivity contribution is -0.383. The van der Waals surface area contributed by atoms with E-state index >= 15 is 0 Å². The van der Waals surface area contributed by atoms with Crippen LogP contribution in [-0.2, 0) is 0 Å². The van der Waals surface area contributed by atoms with Gasteiger partial charge in [-0.2, -0.15) is 0 Å². The van der Waals surface area contributed by atoms with Crippen molar-refractivity contribution in [2.24, 2.45) is 0 Å². The monoisotopic (exact) mass is 213 g/mol. The molecule has 0 aliphatic rings. The molecule has 1 rings (SSSR count). The molecule has 0 saturated carbocycles. The van der Waals surface area contributed by atoms with E-state index in [1.54, 1.807) is 0 Å². The summed E-state index contributed by atoms with van der Waals surface area (Å²) in [5.74, 6) is 0. The number of nitro benzene ring substituents is 1. The standard InChI is InChI=1S/C8H8ClN3O2/c1-4(10)7-5(9)2-3-6(8(7)11)12(13)14/h2-3,10H,11H2,1H3. The van der Waals surface area contributed by atoms with Crippen molar-refractivity contribution in [3.8, 4) is 0 Å². The van der Waals surface area contributed by atoms with Crippen LogP contribution in [0.1, 0.15) is 12.5 Å². The van der Waals surface area contributed by atoms with E-state index in [4.69, 9.17) is 22.7 Å². The molecule has 0 unspecified atom stereocenters. The largest absolute Gasteiger partial charge is 0.393 e. The van der Waals surface area contributed by atoms with Gasteiger partial charge in [-0.15, -0.1) is 0 Å². The molecule has 1 aromatic carbocycles. The lowest BCUT2D eigenvalue weighted by Gasteiger charge is -2.06. The van der Waals surface area contributed by atoms with Gasteiger partial charge in [0.1, 0.15) is 5.69 Å². The van der Waals surface area contributed by atoms with Crippen molar-refractivity contribution in [3.05, 3.63) is 32.8 Å². The first-order valence-electron chi connectivity index (χ1n) is 3.73. The predicted molar refractivity (Wildman–Crippen MR) is 55.0 cm³/mol. The maximum atomic E-state index is 10.5. The van der Waals surface area contributed by atoms with Gasteiger partial charge < -0.3 is 11.1 Å². The van der Waals surface area contributed by atoms with Gasteiger partial charge in [0.05, 0.1) is 9.95 Å². The van der Waals surface area contributed by atoms with Crippen LogP contribution < -0.4 is 5.73 Å². The molecule has 0 aromatic heterocycles. The maximum absolute atomic E-state index is 10.5. The van der Waals surface area contributed by atoms with Crippen molar-refractivity contribution in [1.29, 1.82) is 5.41 Å². The van der Waals surface area contributed by atoms with Crippen molar-refractivity contribution < 1.29 is 4.92 Å². The molecule has 0 heterocycles. The molecule has 14 heavy (non-hydrogen) atoms. The number of nitrogens with one attached hydrogen (secondary N) is 1. The third kappa shape index (κ3) is 1.67. The second kappa shape index (κ2) is 3.63. The zero-order chi connectivity index (χ0) is 10.9. The summed E-state index contributed by atoms with van der Waals surface area (Å²) in [6.07, 6.45) is 0. The number of nitrogens with zero attached hydrogens (tertiary/aromatic N) is 1. The molecule has 1 aromatic rings. The van der Waals surface area contributed by atoms with Crippen molar-refractivity contribution in [2.75, 3.05) is 5.73 Å². The smallest absolute Gasteiger partial charge is 0.292 e. The lowest BCUT2D eigenvalue weighted by atomic mass is 10.1. The Kier molecular flexibility index (Phi) is 2.71. The van der Waals surface area contributed by atoms with Crippen molar-refractivity contribution in [2.45, 2.75) is 6.92 Å². The number of nitro groups is 1. The summed E-state index contributed by atoms with van der Waals surface area (Å²) in [5, 5.41) is 18.1. The van der Waals surface area contributed by atoms with Gasteiger partial charge in [0, 0.05) is 17.3 Å². The fourth-order valence-corrected chi connectivity index (χ4v) is 1.43. The van der Waals surface area contributed by atoms with Gasteiger partial charge >= 0.3 is 0 Å². The molecule has 0 amide bonds. The fraction of sp³-hybridized carbons (Fsp3) is 0.125. The van der Waals surface area contributed by atoms with E-state index < -0.39 is 4.92 Å². The van der Waals surface area contributed by atoms with Gasteiger partial charge in [0.25, 0.3) is 5.69 Å². The summed E-state index contributed by atoms with van der Waals surface area (Å²) in [5.41, 5.74) is 5.56. The lowest BCUT2D eigenvalue weighted by Crippen LogP contribution is -2.04. The third-order valence-corrected chi connectivity index (χ3v) is 2.06. The van der Waals surface area contributed by atoms with Gasteiger partial charge in [0.2, 0.25) is 0 Å². The molecule has 6 heteroatoms. The molecule has 0 bridgehead atoms. The number of anilines is 1. The fourth-order valence-electron chi connectivity index (χ4n) is 1.12. The topological polar surface area (TPSA) is 93.0 Å². The summed E-state index contributed by atoms with van der Waals surface area (Å²) in [7, 11) is 0. The van der Waals surface area contributed by atoms with E-state index in [0.717, 1.165) is 0 Å². The number of nitrogens with two attached hydrogens (primary N) is 1. The average Bonchev–Trinajstić information content (AvgIpc) is 2.02. The Labute approximate surface area is 85.1 Å². The van der Waals surface area contributed by atoms with Crippen LogP contribution in [0.15, 0.2) is 12.1 Å². The number of hydrogen-bond acceptors (Lipinski definition) is 4. The predicted octanol–water partition coefficient (Wildman–Crippen LogP) is 2.22. The third-order valence-electron chi connectivity index (χ3n) is 1.74. The normalized spacial score (nSPS) is 9.86. The highest BCUT2D eigenvalue weighted by Gasteiger charge is 2.18. The van der Waals surface area contributed by atoms with Crippen LogP contribution in [0.4, 0.5) is 11.4 Å². The van der Waals surface area contributed by atoms with Gasteiger partial charge in [-0.05, 0) is 13.0 Å². The SMILES string of the molecule is CC(=N)c1c(Cl)ccc([N+](=O)[O-])c1N. The summed E-state index contributed by atoms with van der Waals surface area (Å²) in [4.78, 5) is 9.92. The minimum absolute atomic E-state index is 0.0602. The molecular weight excluding hydrogens is 206 g/mol. The highest BCUT2D eigenvalue weighted by Crippen LogP contribution is 2.30. The van der Waals surface area contributed by atoms with Crippen LogP contribution in [0.25, 0.3) is 0 Å². The van der Waals surface area contributed by atoms with Crippen LogP contribution >= 0.6 is 11.6 Å². The number of nitrogen functional groups attached to an aromatic ring is 1. The van der Waals surface area contributed by atoms with E-state index in [1.165, 1.54) is 19.1 Å². The van der Waals surface area contributed by atoms with E-state index in [0.29, 0.717) is 0 Å². The van der Waals surface area contributed by atoms with Crippen molar-refractivity contribution >= 4 is 28.7 Å². The molecular formula is C8H8ClN3O2. The van der Waals surface area contributed by atoms with E-state index in [2.05, 4.69) is 0 Å². The van der Waals surface area contributed by atoms with E-state index in [1.807, 2.05) is 0 Å². The van der Waals surface area contributed by atoms with Crippen LogP contribution in [0.5, 0.6) is 0 Å². The number of hydrogen-bond donors (Lipinski definition) is 2. The number of halogens is 1. The van der Waals surface area contributed by atoms with Gasteiger partial charge in [-0.3, -0.25) is 10.1 Å². The molecule has 0 fully saturated rings. The molecule has 5 nitrogen and oxygen atoms in total. The highest BCUT2D eigenvalue weighted by atomic mass is 35.5. The number of benzene rings is 1. The zero-order valence-corrected chi connectivity index (χ0v) is 8.13. The minimum Gasteiger partial charge on any atom is -0.393 e. The highest BCUT2D eigenvalue weighted by molar-refractivity contribution is 6.35. The molecule has 0 aliphatic carbocycles. The van der Waals surface area contributed by atoms with Crippen LogP contribution in [-0.4, -0.2) is 10.6 Å². The van der Waals surface area contributed by atoms with Crippen LogP contribution in [0.2, 0.25) is 5.02 Å². The van der Waals surface area contributed by atoms with Crippen LogP contribution in [0.3, 0.4) is 0 Å². The Morgan fingerprint density at radius 3 is 2.64 bits per heavy atom. The summed E-state index contributed by atoms with van der Waals surface area (Å²) >= 11 is 5.76. The Bertz CT molecular complexity index is 417. The molecule has 0 saturated heterocycles. The number of rotatable bonds is 2. The quantitative estimate of drug-likeness (QED) is 0.341. The minimum atomic E-state index is -0.599. The second-order valence-electron chi connectivity index (χ2n) is 2.74. The molecule has 0 radical (unpaired) electrons. The Morgan fingerprint density at radius 1 is 1.64 bits per heavy atom. The zero-order valence-electron chi connectivity index (χ0n) is 7.37. The van der Waals surface area contributed by atoms with Crippen LogP contribution in [0, 0.1) is 15.5 Å². The van der Waals surface area contributed by atoms with Gasteiger partial charge in [0.15, 0.2) is 0 Å². The van der Waals surface area contributed by atoms with Gasteiger partial charge in [-0.1, -0.05) is 11.6 Å². The first-order chi connectivity index (χ1) is 6.45. The van der Waals surface area contributed by atoms with Gasteiger partial charge in [-0.25, -0.2) is 0 Å². The molecule has 0 atom stereocenters. The first kappa shape index (κ1) is 10.5. The average molecular weight is 214 g/mol. The second-order valence-corrected chi connectivity index (χ2v) is 3.14. The molecule has 74 valence electrons. The molecule has 0 spiro atoms. The Morgan fingerprint density at radius 2 is 2.21 bits per heavy atom. The summed E-state index contributed by atoms with van der Waals surface area (Å²) in [6.45, 7) is 1.47. The maximum Gasteiger partial charge on any atom is 0.292 e. The first-order valence-corrected chi connectivity index (χ1v) is 4.11. The molecule has 0 aliphatic heterocycles. The Balaban J connectivity index is 3.49. The van der Waals surface area contributed by atoms with Crippen molar-refractivity contribution in [1.82, 2.24) is 0 Å². The van der Waals surface area contributed by atoms with Crippen molar-refractivity contribution in [3.63, 3.8) is 0 Å². The molecule has 3 N–H and O–H groups in total. The Hall–Kier alpha value is -1.62.